The van der Waals surface area contributed by atoms with Crippen molar-refractivity contribution in [2.75, 3.05) is 39.3 Å². The molecule has 0 aliphatic carbocycles. The fraction of sp³-hybridized carbons (Fsp3) is 0.545. The number of alkyl halides is 3. The lowest BCUT2D eigenvalue weighted by Gasteiger charge is -2.39. The zero-order valence-corrected chi connectivity index (χ0v) is 18.1. The molecule has 0 spiro atoms. The van der Waals surface area contributed by atoms with Gasteiger partial charge in [0, 0.05) is 64.6 Å². The second-order valence-corrected chi connectivity index (χ2v) is 7.68. The Labute approximate surface area is 181 Å². The average Bonchev–Trinajstić information content (AvgIpc) is 3.19. The van der Waals surface area contributed by atoms with E-state index in [1.54, 1.807) is 6.20 Å². The maximum atomic E-state index is 13.0. The summed E-state index contributed by atoms with van der Waals surface area (Å²) in [5, 5.41) is 3.27. The molecular weight excluding hydrogens is 405 g/mol. The highest BCUT2D eigenvalue weighted by molar-refractivity contribution is 5.80. The van der Waals surface area contributed by atoms with Gasteiger partial charge in [0.15, 0.2) is 5.96 Å². The monoisotopic (exact) mass is 436 g/mol. The van der Waals surface area contributed by atoms with Crippen molar-refractivity contribution in [1.82, 2.24) is 24.7 Å². The van der Waals surface area contributed by atoms with Crippen LogP contribution < -0.4 is 5.32 Å². The first-order valence-electron chi connectivity index (χ1n) is 10.8. The predicted molar refractivity (Wildman–Crippen MR) is 116 cm³/mol. The maximum absolute atomic E-state index is 13.0. The Bertz CT molecular complexity index is 825. The number of guanidine groups is 1. The Balaban J connectivity index is 1.56. The average molecular weight is 437 g/mol. The minimum Gasteiger partial charge on any atom is -0.357 e. The summed E-state index contributed by atoms with van der Waals surface area (Å²) in [6.45, 7) is 7.03. The van der Waals surface area contributed by atoms with Crippen LogP contribution in [0.3, 0.4) is 0 Å². The molecule has 1 aliphatic rings. The van der Waals surface area contributed by atoms with Crippen LogP contribution in [0.2, 0.25) is 0 Å². The maximum Gasteiger partial charge on any atom is 0.403 e. The molecule has 1 N–H and O–H groups in total. The largest absolute Gasteiger partial charge is 0.403 e. The Kier molecular flexibility index (Phi) is 7.95. The molecule has 0 bridgehead atoms. The van der Waals surface area contributed by atoms with Gasteiger partial charge in [-0.3, -0.25) is 9.89 Å². The molecule has 1 aliphatic heterocycles. The van der Waals surface area contributed by atoms with Crippen LogP contribution in [0, 0.1) is 0 Å². The molecule has 0 radical (unpaired) electrons. The highest BCUT2D eigenvalue weighted by Crippen LogP contribution is 2.25. The molecule has 2 heterocycles. The number of hydrogen-bond acceptors (Lipinski definition) is 3. The van der Waals surface area contributed by atoms with Crippen molar-refractivity contribution in [3.05, 3.63) is 54.1 Å². The molecule has 6 nitrogen and oxygen atoms in total. The number of nitrogens with one attached hydrogen (secondary N) is 1. The van der Waals surface area contributed by atoms with Gasteiger partial charge in [-0.15, -0.1) is 0 Å². The third-order valence-corrected chi connectivity index (χ3v) is 5.56. The third kappa shape index (κ3) is 6.46. The first kappa shape index (κ1) is 23.1. The number of hydrogen-bond donors (Lipinski definition) is 1. The van der Waals surface area contributed by atoms with Gasteiger partial charge in [-0.1, -0.05) is 30.3 Å². The summed E-state index contributed by atoms with van der Waals surface area (Å²) in [7, 11) is 0. The number of aliphatic imine (C=N–C) groups is 1. The Hall–Kier alpha value is -2.55. The number of imidazole rings is 1. The van der Waals surface area contributed by atoms with E-state index in [0.29, 0.717) is 45.7 Å². The normalized spacial score (nSPS) is 17.1. The highest BCUT2D eigenvalue weighted by Gasteiger charge is 2.41. The molecule has 1 fully saturated rings. The zero-order chi connectivity index (χ0) is 22.3. The van der Waals surface area contributed by atoms with E-state index in [2.05, 4.69) is 27.0 Å². The van der Waals surface area contributed by atoms with Crippen LogP contribution in [-0.4, -0.2) is 76.8 Å². The Morgan fingerprint density at radius 1 is 1.16 bits per heavy atom. The van der Waals surface area contributed by atoms with Crippen LogP contribution in [0.25, 0.3) is 0 Å². The number of nitrogens with zero attached hydrogens (tertiary/aromatic N) is 5. The van der Waals surface area contributed by atoms with Crippen molar-refractivity contribution in [1.29, 1.82) is 0 Å². The van der Waals surface area contributed by atoms with Crippen LogP contribution in [0.4, 0.5) is 13.2 Å². The number of halogens is 3. The van der Waals surface area contributed by atoms with Gasteiger partial charge < -0.3 is 14.8 Å². The van der Waals surface area contributed by atoms with E-state index in [-0.39, 0.29) is 0 Å². The SMILES string of the molecule is CCNC(=NCCc1nccn1Cc1ccccc1)N1CCN(C(C)C(F)(F)F)CC1. The topological polar surface area (TPSA) is 48.7 Å². The molecule has 2 aromatic rings. The molecule has 170 valence electrons. The van der Waals surface area contributed by atoms with E-state index in [0.717, 1.165) is 18.3 Å². The van der Waals surface area contributed by atoms with Gasteiger partial charge in [-0.05, 0) is 19.4 Å². The zero-order valence-electron chi connectivity index (χ0n) is 18.1. The lowest BCUT2D eigenvalue weighted by Crippen LogP contribution is -2.56. The van der Waals surface area contributed by atoms with Crippen molar-refractivity contribution in [3.8, 4) is 0 Å². The van der Waals surface area contributed by atoms with Gasteiger partial charge >= 0.3 is 6.18 Å². The molecule has 1 aromatic heterocycles. The summed E-state index contributed by atoms with van der Waals surface area (Å²) < 4.78 is 41.1. The van der Waals surface area contributed by atoms with Crippen molar-refractivity contribution in [2.24, 2.45) is 4.99 Å². The van der Waals surface area contributed by atoms with Gasteiger partial charge in [0.1, 0.15) is 11.9 Å². The van der Waals surface area contributed by atoms with E-state index in [9.17, 15) is 13.2 Å². The van der Waals surface area contributed by atoms with Gasteiger partial charge in [0.05, 0.1) is 0 Å². The van der Waals surface area contributed by atoms with Crippen molar-refractivity contribution in [2.45, 2.75) is 39.0 Å². The van der Waals surface area contributed by atoms with Crippen LogP contribution in [0.1, 0.15) is 25.2 Å². The van der Waals surface area contributed by atoms with E-state index in [1.807, 2.05) is 36.2 Å². The second-order valence-electron chi connectivity index (χ2n) is 7.68. The first-order chi connectivity index (χ1) is 14.9. The molecule has 0 saturated carbocycles. The van der Waals surface area contributed by atoms with Crippen LogP contribution in [0.15, 0.2) is 47.7 Å². The molecule has 1 atom stereocenters. The summed E-state index contributed by atoms with van der Waals surface area (Å²) >= 11 is 0. The lowest BCUT2D eigenvalue weighted by atomic mass is 10.2. The van der Waals surface area contributed by atoms with E-state index in [1.165, 1.54) is 17.4 Å². The van der Waals surface area contributed by atoms with Crippen molar-refractivity contribution < 1.29 is 13.2 Å². The predicted octanol–water partition coefficient (Wildman–Crippen LogP) is 3.01. The smallest absolute Gasteiger partial charge is 0.357 e. The van der Waals surface area contributed by atoms with Gasteiger partial charge in [0.2, 0.25) is 0 Å². The summed E-state index contributed by atoms with van der Waals surface area (Å²) in [6.07, 6.45) is 0.273. The molecule has 3 rings (SSSR count). The Morgan fingerprint density at radius 2 is 1.87 bits per heavy atom. The fourth-order valence-corrected chi connectivity index (χ4v) is 3.71. The molecule has 1 saturated heterocycles. The van der Waals surface area contributed by atoms with E-state index in [4.69, 9.17) is 4.99 Å². The Morgan fingerprint density at radius 3 is 2.52 bits per heavy atom. The van der Waals surface area contributed by atoms with Crippen LogP contribution in [-0.2, 0) is 13.0 Å². The third-order valence-electron chi connectivity index (χ3n) is 5.56. The quantitative estimate of drug-likeness (QED) is 0.536. The first-order valence-corrected chi connectivity index (χ1v) is 10.8. The van der Waals surface area contributed by atoms with Gasteiger partial charge in [0.25, 0.3) is 0 Å². The summed E-state index contributed by atoms with van der Waals surface area (Å²) in [4.78, 5) is 12.7. The van der Waals surface area contributed by atoms with Crippen molar-refractivity contribution >= 4 is 5.96 Å². The highest BCUT2D eigenvalue weighted by atomic mass is 19.4. The van der Waals surface area contributed by atoms with Crippen molar-refractivity contribution in [3.63, 3.8) is 0 Å². The lowest BCUT2D eigenvalue weighted by molar-refractivity contribution is -0.181. The number of piperazine rings is 1. The molecule has 9 heteroatoms. The van der Waals surface area contributed by atoms with Crippen LogP contribution >= 0.6 is 0 Å². The summed E-state index contributed by atoms with van der Waals surface area (Å²) in [5.41, 5.74) is 1.21. The van der Waals surface area contributed by atoms with Crippen LogP contribution in [0.5, 0.6) is 0 Å². The minimum atomic E-state index is -4.19. The standard InChI is InChI=1S/C22H31F3N6/c1-3-26-21(30-15-13-29(14-16-30)18(2)22(23,24)25)28-10-9-20-27-11-12-31(20)17-19-7-5-4-6-8-19/h4-8,11-12,18H,3,9-10,13-17H2,1-2H3,(H,26,28). The van der Waals surface area contributed by atoms with Gasteiger partial charge in [-0.2, -0.15) is 13.2 Å². The molecule has 1 aromatic carbocycles. The summed E-state index contributed by atoms with van der Waals surface area (Å²) in [5.74, 6) is 1.72. The second kappa shape index (κ2) is 10.7. The molecule has 0 amide bonds. The fourth-order valence-electron chi connectivity index (χ4n) is 3.71. The van der Waals surface area contributed by atoms with E-state index >= 15 is 0 Å². The minimum absolute atomic E-state index is 0.368. The summed E-state index contributed by atoms with van der Waals surface area (Å²) in [6, 6.07) is 8.80. The molecule has 31 heavy (non-hydrogen) atoms. The van der Waals surface area contributed by atoms with Gasteiger partial charge in [-0.25, -0.2) is 4.98 Å². The molecule has 1 unspecified atom stereocenters. The number of benzene rings is 1. The number of aromatic nitrogens is 2. The number of rotatable bonds is 7. The molecular formula is C22H31F3N6. The van der Waals surface area contributed by atoms with E-state index < -0.39 is 12.2 Å².